The first-order chi connectivity index (χ1) is 14.9. The molecule has 0 aliphatic carbocycles. The summed E-state index contributed by atoms with van der Waals surface area (Å²) >= 11 is 0. The van der Waals surface area contributed by atoms with E-state index in [1.54, 1.807) is 35.0 Å². The molecule has 0 aliphatic rings. The second-order valence-corrected chi connectivity index (χ2v) is 6.37. The molecule has 0 aliphatic heterocycles. The van der Waals surface area contributed by atoms with Crippen molar-refractivity contribution >= 4 is 34.5 Å². The van der Waals surface area contributed by atoms with Crippen molar-refractivity contribution in [3.05, 3.63) is 98.5 Å². The first-order valence-corrected chi connectivity index (χ1v) is 8.86. The lowest BCUT2D eigenvalue weighted by Crippen LogP contribution is -2.17. The summed E-state index contributed by atoms with van der Waals surface area (Å²) in [6, 6.07) is 14.9. The zero-order chi connectivity index (χ0) is 22.0. The maximum Gasteiger partial charge on any atom is 0.307 e. The topological polar surface area (TPSA) is 146 Å². The third-order valence-corrected chi connectivity index (χ3v) is 4.40. The summed E-state index contributed by atoms with van der Waals surface area (Å²) in [5, 5.41) is 26.2. The predicted octanol–water partition coefficient (Wildman–Crippen LogP) is 3.80. The summed E-state index contributed by atoms with van der Waals surface area (Å²) in [6.07, 6.45) is 3.08. The standard InChI is InChI=1S/C20H13N5O6/c26-20(19-10-13-9-16(25(29)30)6-7-18(13)31-19)22-21-12-17-5-2-8-23(17)14-3-1-4-15(11-14)24(27)28/h1-12H,(H,22,26)/b21-12-. The largest absolute Gasteiger partial charge is 0.451 e. The lowest BCUT2D eigenvalue weighted by atomic mass is 10.2. The Bertz CT molecular complexity index is 1350. The van der Waals surface area contributed by atoms with Crippen molar-refractivity contribution in [1.82, 2.24) is 9.99 Å². The summed E-state index contributed by atoms with van der Waals surface area (Å²) in [5.74, 6) is -0.690. The lowest BCUT2D eigenvalue weighted by molar-refractivity contribution is -0.385. The average molecular weight is 419 g/mol. The highest BCUT2D eigenvalue weighted by atomic mass is 16.6. The lowest BCUT2D eigenvalue weighted by Gasteiger charge is -2.05. The van der Waals surface area contributed by atoms with Gasteiger partial charge in [0.1, 0.15) is 5.58 Å². The van der Waals surface area contributed by atoms with Crippen LogP contribution in [0.3, 0.4) is 0 Å². The van der Waals surface area contributed by atoms with Crippen LogP contribution in [0.5, 0.6) is 0 Å². The summed E-state index contributed by atoms with van der Waals surface area (Å²) in [4.78, 5) is 33.1. The number of hydrazone groups is 1. The van der Waals surface area contributed by atoms with Gasteiger partial charge in [0, 0.05) is 35.8 Å². The molecular weight excluding hydrogens is 406 g/mol. The van der Waals surface area contributed by atoms with Gasteiger partial charge in [0.15, 0.2) is 5.76 Å². The smallest absolute Gasteiger partial charge is 0.307 e. The van der Waals surface area contributed by atoms with Gasteiger partial charge in [-0.15, -0.1) is 0 Å². The second-order valence-electron chi connectivity index (χ2n) is 6.37. The van der Waals surface area contributed by atoms with E-state index in [0.29, 0.717) is 22.4 Å². The van der Waals surface area contributed by atoms with Crippen LogP contribution in [0.2, 0.25) is 0 Å². The fraction of sp³-hybridized carbons (Fsp3) is 0. The minimum absolute atomic E-state index is 0.0486. The quantitative estimate of drug-likeness (QED) is 0.286. The van der Waals surface area contributed by atoms with Crippen molar-refractivity contribution in [3.63, 3.8) is 0 Å². The number of nitrogens with one attached hydrogen (secondary N) is 1. The van der Waals surface area contributed by atoms with Gasteiger partial charge >= 0.3 is 5.91 Å². The summed E-state index contributed by atoms with van der Waals surface area (Å²) in [7, 11) is 0. The minimum Gasteiger partial charge on any atom is -0.451 e. The maximum absolute atomic E-state index is 12.3. The summed E-state index contributed by atoms with van der Waals surface area (Å²) in [5.41, 5.74) is 3.63. The van der Waals surface area contributed by atoms with Crippen LogP contribution in [-0.2, 0) is 0 Å². The number of carbonyl (C=O) groups is 1. The zero-order valence-electron chi connectivity index (χ0n) is 15.7. The van der Waals surface area contributed by atoms with Gasteiger partial charge in [-0.1, -0.05) is 6.07 Å². The molecule has 11 heteroatoms. The number of nitrogens with zero attached hydrogens (tertiary/aromatic N) is 4. The molecular formula is C20H13N5O6. The number of hydrogen-bond acceptors (Lipinski definition) is 7. The molecule has 4 rings (SSSR count). The van der Waals surface area contributed by atoms with Crippen molar-refractivity contribution < 1.29 is 19.1 Å². The van der Waals surface area contributed by atoms with Crippen molar-refractivity contribution in [1.29, 1.82) is 0 Å². The molecule has 0 saturated heterocycles. The van der Waals surface area contributed by atoms with E-state index in [1.807, 2.05) is 0 Å². The fourth-order valence-corrected chi connectivity index (χ4v) is 2.96. The van der Waals surface area contributed by atoms with E-state index in [4.69, 9.17) is 4.42 Å². The molecule has 2 aromatic carbocycles. The number of nitro benzene ring substituents is 2. The van der Waals surface area contributed by atoms with Gasteiger partial charge in [0.25, 0.3) is 11.4 Å². The van der Waals surface area contributed by atoms with E-state index in [9.17, 15) is 25.0 Å². The van der Waals surface area contributed by atoms with Gasteiger partial charge < -0.3 is 8.98 Å². The molecule has 0 atom stereocenters. The molecule has 1 amide bonds. The molecule has 0 unspecified atom stereocenters. The van der Waals surface area contributed by atoms with E-state index in [1.165, 1.54) is 42.6 Å². The third kappa shape index (κ3) is 4.00. The maximum atomic E-state index is 12.3. The summed E-state index contributed by atoms with van der Waals surface area (Å²) in [6.45, 7) is 0. The predicted molar refractivity (Wildman–Crippen MR) is 110 cm³/mol. The number of amides is 1. The molecule has 0 radical (unpaired) electrons. The van der Waals surface area contributed by atoms with Crippen LogP contribution in [0, 0.1) is 20.2 Å². The molecule has 1 N–H and O–H groups in total. The number of benzene rings is 2. The van der Waals surface area contributed by atoms with Gasteiger partial charge in [-0.3, -0.25) is 25.0 Å². The molecule has 4 aromatic rings. The molecule has 154 valence electrons. The number of aromatic nitrogens is 1. The highest BCUT2D eigenvalue weighted by Gasteiger charge is 2.15. The van der Waals surface area contributed by atoms with E-state index in [-0.39, 0.29) is 17.1 Å². The Labute approximate surface area is 173 Å². The van der Waals surface area contributed by atoms with Crippen LogP contribution in [0.4, 0.5) is 11.4 Å². The van der Waals surface area contributed by atoms with Gasteiger partial charge in [-0.2, -0.15) is 5.10 Å². The van der Waals surface area contributed by atoms with Gasteiger partial charge in [-0.05, 0) is 30.3 Å². The first kappa shape index (κ1) is 19.5. The summed E-state index contributed by atoms with van der Waals surface area (Å²) < 4.78 is 7.07. The highest BCUT2D eigenvalue weighted by Crippen LogP contribution is 2.24. The van der Waals surface area contributed by atoms with E-state index >= 15 is 0 Å². The molecule has 11 nitrogen and oxygen atoms in total. The van der Waals surface area contributed by atoms with Crippen molar-refractivity contribution in [2.45, 2.75) is 0 Å². The first-order valence-electron chi connectivity index (χ1n) is 8.86. The number of furan rings is 1. The van der Waals surface area contributed by atoms with Crippen LogP contribution >= 0.6 is 0 Å². The van der Waals surface area contributed by atoms with Crippen molar-refractivity contribution in [3.8, 4) is 5.69 Å². The Morgan fingerprint density at radius 2 is 1.77 bits per heavy atom. The van der Waals surface area contributed by atoms with Crippen LogP contribution in [0.1, 0.15) is 16.2 Å². The molecule has 0 fully saturated rings. The Morgan fingerprint density at radius 1 is 1.00 bits per heavy atom. The van der Waals surface area contributed by atoms with Crippen LogP contribution in [-0.4, -0.2) is 26.5 Å². The highest BCUT2D eigenvalue weighted by molar-refractivity contribution is 5.96. The van der Waals surface area contributed by atoms with Gasteiger partial charge in [-0.25, -0.2) is 5.43 Å². The van der Waals surface area contributed by atoms with Crippen LogP contribution in [0.25, 0.3) is 16.7 Å². The van der Waals surface area contributed by atoms with E-state index in [2.05, 4.69) is 10.5 Å². The minimum atomic E-state index is -0.636. The average Bonchev–Trinajstić information content (AvgIpc) is 3.40. The molecule has 2 heterocycles. The monoisotopic (exact) mass is 419 g/mol. The zero-order valence-corrected chi connectivity index (χ0v) is 15.7. The Morgan fingerprint density at radius 3 is 2.55 bits per heavy atom. The normalized spacial score (nSPS) is 11.1. The third-order valence-electron chi connectivity index (χ3n) is 4.40. The molecule has 0 spiro atoms. The van der Waals surface area contributed by atoms with E-state index in [0.717, 1.165) is 0 Å². The Hall–Kier alpha value is -4.80. The van der Waals surface area contributed by atoms with Crippen molar-refractivity contribution in [2.75, 3.05) is 0 Å². The molecule has 2 aromatic heterocycles. The number of carbonyl (C=O) groups excluding carboxylic acids is 1. The second kappa shape index (κ2) is 7.91. The Balaban J connectivity index is 1.51. The SMILES string of the molecule is O=C(N/N=C\c1cccn1-c1cccc([N+](=O)[O-])c1)c1cc2cc([N+](=O)[O-])ccc2o1. The van der Waals surface area contributed by atoms with Crippen LogP contribution in [0.15, 0.2) is 76.4 Å². The molecule has 31 heavy (non-hydrogen) atoms. The number of fused-ring (bicyclic) bond motifs is 1. The van der Waals surface area contributed by atoms with Crippen molar-refractivity contribution in [2.24, 2.45) is 5.10 Å². The number of hydrogen-bond donors (Lipinski definition) is 1. The number of nitro groups is 2. The molecule has 0 bridgehead atoms. The van der Waals surface area contributed by atoms with Gasteiger partial charge in [0.05, 0.1) is 27.4 Å². The van der Waals surface area contributed by atoms with Gasteiger partial charge in [0.2, 0.25) is 0 Å². The fourth-order valence-electron chi connectivity index (χ4n) is 2.96. The van der Waals surface area contributed by atoms with Crippen LogP contribution < -0.4 is 5.43 Å². The number of rotatable bonds is 6. The number of non-ortho nitro benzene ring substituents is 2. The van der Waals surface area contributed by atoms with E-state index < -0.39 is 15.8 Å². The molecule has 0 saturated carbocycles. The Kier molecular flexibility index (Phi) is 4.98.